The number of fused-ring (bicyclic) bond motifs is 7. The molecule has 10 atom stereocenters. The third kappa shape index (κ3) is 3.67. The summed E-state index contributed by atoms with van der Waals surface area (Å²) in [4.78, 5) is 37.8. The SMILES string of the molecule is COC(=O)C12CCC(C)(C(=O)O)CC1C1=CCC3C4(C)CC(O)C(OC(C)=O)C(C)(C)C4CCC3(C)C1(C)CC2. The molecule has 4 saturated carbocycles. The third-order valence-corrected chi connectivity index (χ3v) is 13.7. The molecule has 0 aromatic carbocycles. The number of aliphatic carboxylic acids is 1. The second-order valence-corrected chi connectivity index (χ2v) is 15.7. The largest absolute Gasteiger partial charge is 0.481 e. The molecule has 0 bridgehead atoms. The van der Waals surface area contributed by atoms with Gasteiger partial charge in [-0.25, -0.2) is 0 Å². The minimum Gasteiger partial charge on any atom is -0.481 e. The van der Waals surface area contributed by atoms with Gasteiger partial charge in [0.25, 0.3) is 0 Å². The van der Waals surface area contributed by atoms with E-state index in [0.717, 1.165) is 25.7 Å². The Morgan fingerprint density at radius 2 is 1.57 bits per heavy atom. The highest BCUT2D eigenvalue weighted by molar-refractivity contribution is 5.80. The molecule has 7 heteroatoms. The van der Waals surface area contributed by atoms with Crippen molar-refractivity contribution < 1.29 is 34.1 Å². The van der Waals surface area contributed by atoms with Crippen LogP contribution in [0.2, 0.25) is 0 Å². The Kier molecular flexibility index (Phi) is 6.70. The molecule has 0 radical (unpaired) electrons. The number of methoxy groups -OCH3 is 1. The first-order chi connectivity index (χ1) is 18.4. The van der Waals surface area contributed by atoms with E-state index in [1.807, 2.05) is 6.92 Å². The highest BCUT2D eigenvalue weighted by Gasteiger charge is 2.71. The fraction of sp³-hybridized carbons (Fsp3) is 0.848. The van der Waals surface area contributed by atoms with Crippen LogP contribution in [-0.2, 0) is 23.9 Å². The second kappa shape index (κ2) is 9.05. The van der Waals surface area contributed by atoms with Crippen LogP contribution in [0.1, 0.15) is 106 Å². The molecule has 5 rings (SSSR count). The fourth-order valence-electron chi connectivity index (χ4n) is 11.4. The Hall–Kier alpha value is -1.89. The predicted molar refractivity (Wildman–Crippen MR) is 150 cm³/mol. The highest BCUT2D eigenvalue weighted by atomic mass is 16.6. The van der Waals surface area contributed by atoms with Crippen LogP contribution in [0.3, 0.4) is 0 Å². The average Bonchev–Trinajstić information content (AvgIpc) is 2.86. The van der Waals surface area contributed by atoms with Crippen LogP contribution in [0.5, 0.6) is 0 Å². The summed E-state index contributed by atoms with van der Waals surface area (Å²) in [6.45, 7) is 14.7. The topological polar surface area (TPSA) is 110 Å². The molecule has 4 fully saturated rings. The number of rotatable bonds is 3. The van der Waals surface area contributed by atoms with Gasteiger partial charge in [0, 0.05) is 12.3 Å². The summed E-state index contributed by atoms with van der Waals surface area (Å²) in [7, 11) is 1.46. The van der Waals surface area contributed by atoms with E-state index >= 15 is 0 Å². The van der Waals surface area contributed by atoms with Crippen LogP contribution in [-0.4, -0.2) is 47.4 Å². The maximum atomic E-state index is 13.4. The van der Waals surface area contributed by atoms with Gasteiger partial charge in [0.1, 0.15) is 6.10 Å². The van der Waals surface area contributed by atoms with E-state index in [0.29, 0.717) is 38.0 Å². The Bertz CT molecular complexity index is 1140. The van der Waals surface area contributed by atoms with Crippen LogP contribution in [0.4, 0.5) is 0 Å². The predicted octanol–water partition coefficient (Wildman–Crippen LogP) is 5.93. The molecule has 0 spiro atoms. The first-order valence-electron chi connectivity index (χ1n) is 15.3. The number of carboxylic acid groups (broad SMARTS) is 1. The first-order valence-corrected chi connectivity index (χ1v) is 15.3. The number of carboxylic acids is 1. The van der Waals surface area contributed by atoms with Gasteiger partial charge >= 0.3 is 17.9 Å². The van der Waals surface area contributed by atoms with Crippen LogP contribution in [0.25, 0.3) is 0 Å². The number of aliphatic hydroxyl groups excluding tert-OH is 1. The zero-order valence-electron chi connectivity index (χ0n) is 25.8. The van der Waals surface area contributed by atoms with Gasteiger partial charge in [-0.2, -0.15) is 0 Å². The smallest absolute Gasteiger partial charge is 0.312 e. The number of hydrogen-bond donors (Lipinski definition) is 2. The van der Waals surface area contributed by atoms with Crippen molar-refractivity contribution in [1.29, 1.82) is 0 Å². The second-order valence-electron chi connectivity index (χ2n) is 15.7. The molecule has 5 aliphatic rings. The Morgan fingerprint density at radius 1 is 0.925 bits per heavy atom. The highest BCUT2D eigenvalue weighted by Crippen LogP contribution is 2.76. The summed E-state index contributed by atoms with van der Waals surface area (Å²) < 4.78 is 11.1. The van der Waals surface area contributed by atoms with Gasteiger partial charge in [-0.15, -0.1) is 0 Å². The molecule has 5 aliphatic carbocycles. The molecule has 7 nitrogen and oxygen atoms in total. The lowest BCUT2D eigenvalue weighted by molar-refractivity contribution is -0.239. The van der Waals surface area contributed by atoms with Crippen LogP contribution in [0.15, 0.2) is 11.6 Å². The molecular weight excluding hydrogens is 508 g/mol. The summed E-state index contributed by atoms with van der Waals surface area (Å²) in [5, 5.41) is 21.6. The van der Waals surface area contributed by atoms with Gasteiger partial charge in [0.15, 0.2) is 0 Å². The quantitative estimate of drug-likeness (QED) is 0.326. The molecule has 10 unspecified atom stereocenters. The molecule has 0 aromatic heterocycles. The molecule has 224 valence electrons. The number of ether oxygens (including phenoxy) is 2. The number of hydrogen-bond acceptors (Lipinski definition) is 6. The molecule has 0 aromatic rings. The van der Waals surface area contributed by atoms with E-state index in [1.54, 1.807) is 0 Å². The van der Waals surface area contributed by atoms with Crippen LogP contribution < -0.4 is 0 Å². The summed E-state index contributed by atoms with van der Waals surface area (Å²) in [6.07, 6.45) is 7.57. The third-order valence-electron chi connectivity index (χ3n) is 13.7. The Morgan fingerprint density at radius 3 is 2.17 bits per heavy atom. The zero-order chi connectivity index (χ0) is 29.7. The molecule has 2 N–H and O–H groups in total. The van der Waals surface area contributed by atoms with Gasteiger partial charge in [0.05, 0.1) is 24.0 Å². The van der Waals surface area contributed by atoms with Crippen molar-refractivity contribution in [2.45, 2.75) is 118 Å². The number of carbonyl (C=O) groups excluding carboxylic acids is 2. The van der Waals surface area contributed by atoms with E-state index < -0.39 is 29.0 Å². The van der Waals surface area contributed by atoms with Crippen molar-refractivity contribution in [1.82, 2.24) is 0 Å². The monoisotopic (exact) mass is 558 g/mol. The Labute approximate surface area is 239 Å². The van der Waals surface area contributed by atoms with Crippen molar-refractivity contribution in [3.05, 3.63) is 11.6 Å². The normalized spacial score (nSPS) is 49.2. The van der Waals surface area contributed by atoms with E-state index in [2.05, 4.69) is 40.7 Å². The maximum Gasteiger partial charge on any atom is 0.312 e. The van der Waals surface area contributed by atoms with E-state index in [4.69, 9.17) is 9.47 Å². The minimum absolute atomic E-state index is 0.0776. The lowest BCUT2D eigenvalue weighted by atomic mass is 9.33. The molecular formula is C33H50O7. The first kappa shape index (κ1) is 29.6. The van der Waals surface area contributed by atoms with Crippen LogP contribution >= 0.6 is 0 Å². The van der Waals surface area contributed by atoms with E-state index in [1.165, 1.54) is 19.6 Å². The zero-order valence-corrected chi connectivity index (χ0v) is 25.8. The van der Waals surface area contributed by atoms with Crippen molar-refractivity contribution in [2.75, 3.05) is 7.11 Å². The van der Waals surface area contributed by atoms with Gasteiger partial charge in [-0.3, -0.25) is 14.4 Å². The van der Waals surface area contributed by atoms with Gasteiger partial charge in [-0.1, -0.05) is 46.3 Å². The van der Waals surface area contributed by atoms with E-state index in [-0.39, 0.29) is 45.4 Å². The molecule has 0 heterocycles. The number of aliphatic hydroxyl groups is 1. The summed E-state index contributed by atoms with van der Waals surface area (Å²) >= 11 is 0. The number of allylic oxidation sites excluding steroid dienone is 2. The van der Waals surface area contributed by atoms with Crippen LogP contribution in [0, 0.1) is 50.2 Å². The minimum atomic E-state index is -0.869. The Balaban J connectivity index is 1.59. The average molecular weight is 559 g/mol. The lowest BCUT2D eigenvalue weighted by Gasteiger charge is -2.71. The van der Waals surface area contributed by atoms with E-state index in [9.17, 15) is 24.6 Å². The molecule has 40 heavy (non-hydrogen) atoms. The van der Waals surface area contributed by atoms with Gasteiger partial charge < -0.3 is 19.7 Å². The fourth-order valence-corrected chi connectivity index (χ4v) is 11.4. The van der Waals surface area contributed by atoms with Crippen molar-refractivity contribution in [2.24, 2.45) is 50.2 Å². The molecule has 0 aliphatic heterocycles. The van der Waals surface area contributed by atoms with Gasteiger partial charge in [-0.05, 0) is 98.7 Å². The van der Waals surface area contributed by atoms with Crippen molar-refractivity contribution in [3.63, 3.8) is 0 Å². The molecule has 0 saturated heterocycles. The van der Waals surface area contributed by atoms with Gasteiger partial charge in [0.2, 0.25) is 0 Å². The number of carbonyl (C=O) groups is 3. The summed E-state index contributed by atoms with van der Waals surface area (Å²) in [5.74, 6) is -0.890. The number of esters is 2. The molecule has 0 amide bonds. The van der Waals surface area contributed by atoms with Crippen molar-refractivity contribution in [3.8, 4) is 0 Å². The summed E-state index contributed by atoms with van der Waals surface area (Å²) in [5.41, 5.74) is -1.06. The van der Waals surface area contributed by atoms with Crippen molar-refractivity contribution >= 4 is 17.9 Å². The standard InChI is InChI=1S/C33H50O7/c1-19(34)40-25-22(35)18-30(5)23(28(25,2)3)11-12-32(7)24(30)10-9-20-21-17-29(4,26(36)37)13-15-33(21,27(38)39-8)16-14-31(20,32)6/h9,21-25,35H,10-18H2,1-8H3,(H,36,37). The summed E-state index contributed by atoms with van der Waals surface area (Å²) in [6, 6.07) is 0. The maximum absolute atomic E-state index is 13.4. The lowest BCUT2D eigenvalue weighted by Crippen LogP contribution is -2.67.